The predicted octanol–water partition coefficient (Wildman–Crippen LogP) is 4.03. The number of nitrogens with zero attached hydrogens (tertiary/aromatic N) is 5. The van der Waals surface area contributed by atoms with Crippen molar-refractivity contribution in [3.05, 3.63) is 59.7 Å². The molecule has 5 atom stereocenters. The van der Waals surface area contributed by atoms with Gasteiger partial charge in [0, 0.05) is 30.8 Å². The first-order valence-electron chi connectivity index (χ1n) is 13.6. The summed E-state index contributed by atoms with van der Waals surface area (Å²) in [5.41, 5.74) is 0.772. The number of rotatable bonds is 5. The predicted molar refractivity (Wildman–Crippen MR) is 146 cm³/mol. The van der Waals surface area contributed by atoms with Gasteiger partial charge in [-0.3, -0.25) is 9.91 Å². The van der Waals surface area contributed by atoms with Crippen LogP contribution in [0.3, 0.4) is 0 Å². The van der Waals surface area contributed by atoms with Crippen molar-refractivity contribution in [2.45, 2.75) is 37.9 Å². The highest BCUT2D eigenvalue weighted by atomic mass is 16.5. The average Bonchev–Trinajstić information content (AvgIpc) is 3.48. The Hall–Kier alpha value is -3.59. The summed E-state index contributed by atoms with van der Waals surface area (Å²) < 4.78 is 16.6. The molecule has 8 heteroatoms. The number of benzene rings is 2. The molecule has 0 spiro atoms. The minimum absolute atomic E-state index is 0.0567. The molecule has 0 amide bonds. The molecular formula is C31H35N5O3. The first kappa shape index (κ1) is 25.7. The molecule has 4 aliphatic rings. The molecule has 3 aliphatic heterocycles. The Morgan fingerprint density at radius 2 is 1.49 bits per heavy atom. The van der Waals surface area contributed by atoms with E-state index in [1.54, 1.807) is 14.2 Å². The minimum atomic E-state index is -1.47. The summed E-state index contributed by atoms with van der Waals surface area (Å²) in [5.74, 6) is 1.81. The van der Waals surface area contributed by atoms with Gasteiger partial charge in [0.2, 0.25) is 5.54 Å². The lowest BCUT2D eigenvalue weighted by Gasteiger charge is -2.46. The molecule has 0 unspecified atom stereocenters. The topological polar surface area (TPSA) is 94.1 Å². The molecule has 0 N–H and O–H groups in total. The van der Waals surface area contributed by atoms with Crippen LogP contribution in [0, 0.1) is 45.8 Å². The van der Waals surface area contributed by atoms with Gasteiger partial charge >= 0.3 is 0 Å². The molecule has 1 aliphatic carbocycles. The van der Waals surface area contributed by atoms with E-state index in [0.717, 1.165) is 28.3 Å². The van der Waals surface area contributed by atoms with Crippen molar-refractivity contribution in [1.29, 1.82) is 10.5 Å². The van der Waals surface area contributed by atoms with E-state index in [1.807, 2.05) is 41.4 Å². The van der Waals surface area contributed by atoms with Crippen molar-refractivity contribution in [3.8, 4) is 23.6 Å². The Morgan fingerprint density at radius 3 is 2.03 bits per heavy atom. The zero-order valence-electron chi connectivity index (χ0n) is 23.2. The van der Waals surface area contributed by atoms with Gasteiger partial charge in [-0.1, -0.05) is 32.9 Å². The summed E-state index contributed by atoms with van der Waals surface area (Å²) in [4.78, 5) is 2.29. The zero-order chi connectivity index (χ0) is 27.6. The van der Waals surface area contributed by atoms with E-state index in [1.165, 1.54) is 0 Å². The second kappa shape index (κ2) is 8.98. The summed E-state index contributed by atoms with van der Waals surface area (Å²) in [5, 5.41) is 29.1. The first-order valence-corrected chi connectivity index (χ1v) is 13.6. The highest BCUT2D eigenvalue weighted by Gasteiger charge is 2.81. The molecule has 6 rings (SSSR count). The number of hydrogen-bond acceptors (Lipinski definition) is 8. The van der Waals surface area contributed by atoms with Gasteiger partial charge in [-0.2, -0.15) is 15.6 Å². The smallest absolute Gasteiger partial charge is 0.246 e. The third-order valence-electron chi connectivity index (χ3n) is 9.80. The van der Waals surface area contributed by atoms with Gasteiger partial charge in [0.1, 0.15) is 23.6 Å². The largest absolute Gasteiger partial charge is 0.497 e. The molecule has 2 aromatic carbocycles. The van der Waals surface area contributed by atoms with E-state index in [4.69, 9.17) is 19.3 Å². The van der Waals surface area contributed by atoms with E-state index in [9.17, 15) is 10.5 Å². The van der Waals surface area contributed by atoms with Crippen LogP contribution in [-0.4, -0.2) is 67.7 Å². The Labute approximate surface area is 230 Å². The minimum Gasteiger partial charge on any atom is -0.497 e. The lowest BCUT2D eigenvalue weighted by atomic mass is 9.71. The molecule has 1 saturated carbocycles. The molecule has 3 heterocycles. The Bertz CT molecular complexity index is 1350. The number of hydrazone groups is 1. The van der Waals surface area contributed by atoms with Crippen LogP contribution in [0.5, 0.6) is 11.5 Å². The van der Waals surface area contributed by atoms with Gasteiger partial charge in [0.05, 0.1) is 44.7 Å². The normalized spacial score (nSPS) is 32.2. The summed E-state index contributed by atoms with van der Waals surface area (Å²) in [6.07, 6.45) is 0. The molecule has 0 radical (unpaired) electrons. The average molecular weight is 526 g/mol. The number of hydrogen-bond donors (Lipinski definition) is 0. The maximum Gasteiger partial charge on any atom is 0.246 e. The number of ether oxygens (including phenoxy) is 3. The molecule has 2 saturated heterocycles. The third kappa shape index (κ3) is 3.32. The fraction of sp³-hybridized carbons (Fsp3) is 0.516. The van der Waals surface area contributed by atoms with Crippen LogP contribution in [0.25, 0.3) is 0 Å². The second-order valence-corrected chi connectivity index (χ2v) is 11.7. The van der Waals surface area contributed by atoms with Gasteiger partial charge < -0.3 is 14.2 Å². The monoisotopic (exact) mass is 525 g/mol. The molecule has 0 bridgehead atoms. The lowest BCUT2D eigenvalue weighted by Crippen LogP contribution is -2.58. The summed E-state index contributed by atoms with van der Waals surface area (Å²) >= 11 is 0. The highest BCUT2D eigenvalue weighted by molar-refractivity contribution is 6.05. The standard InChI is InChI=1S/C31H35N5O3/c1-20-28(35-14-16-39-17-15-35)30(18-32,19-33)36-31(20,22-8-12-24(38-5)13-9-22)27-25(29(27,2)3)26(34-36)21-6-10-23(37-4)11-7-21/h6-13,20,25,27-28H,14-17H2,1-5H3/t20-,25-,27+,28+,31-/m1/s1. The molecule has 202 valence electrons. The second-order valence-electron chi connectivity index (χ2n) is 11.7. The van der Waals surface area contributed by atoms with E-state index in [2.05, 4.69) is 49.9 Å². The van der Waals surface area contributed by atoms with Crippen molar-refractivity contribution in [2.24, 2.45) is 28.3 Å². The Morgan fingerprint density at radius 1 is 0.923 bits per heavy atom. The molecule has 39 heavy (non-hydrogen) atoms. The van der Waals surface area contributed by atoms with E-state index in [0.29, 0.717) is 26.3 Å². The van der Waals surface area contributed by atoms with Crippen molar-refractivity contribution in [3.63, 3.8) is 0 Å². The molecule has 3 fully saturated rings. The molecule has 8 nitrogen and oxygen atoms in total. The highest BCUT2D eigenvalue weighted by Crippen LogP contribution is 2.75. The number of morpholine rings is 1. The van der Waals surface area contributed by atoms with E-state index < -0.39 is 11.1 Å². The first-order chi connectivity index (χ1) is 18.8. The van der Waals surface area contributed by atoms with Gasteiger partial charge in [-0.25, -0.2) is 0 Å². The Kier molecular flexibility index (Phi) is 5.91. The number of methoxy groups -OCH3 is 2. The fourth-order valence-corrected chi connectivity index (χ4v) is 8.04. The van der Waals surface area contributed by atoms with Crippen LogP contribution in [0.4, 0.5) is 0 Å². The quantitative estimate of drug-likeness (QED) is 0.582. The molecule has 0 aromatic heterocycles. The van der Waals surface area contributed by atoms with Crippen molar-refractivity contribution >= 4 is 5.71 Å². The maximum absolute atomic E-state index is 10.9. The lowest BCUT2D eigenvalue weighted by molar-refractivity contribution is -0.00104. The van der Waals surface area contributed by atoms with Crippen LogP contribution < -0.4 is 9.47 Å². The summed E-state index contributed by atoms with van der Waals surface area (Å²) in [6.45, 7) is 9.34. The van der Waals surface area contributed by atoms with E-state index in [-0.39, 0.29) is 29.2 Å². The van der Waals surface area contributed by atoms with Gasteiger partial charge in [0.15, 0.2) is 0 Å². The van der Waals surface area contributed by atoms with Crippen molar-refractivity contribution in [1.82, 2.24) is 9.91 Å². The van der Waals surface area contributed by atoms with Gasteiger partial charge in [0.25, 0.3) is 0 Å². The number of nitriles is 2. The van der Waals surface area contributed by atoms with Gasteiger partial charge in [-0.15, -0.1) is 0 Å². The van der Waals surface area contributed by atoms with Crippen LogP contribution in [0.1, 0.15) is 31.9 Å². The van der Waals surface area contributed by atoms with Crippen molar-refractivity contribution in [2.75, 3.05) is 40.5 Å². The maximum atomic E-state index is 10.9. The number of fused-ring (bicyclic) bond motifs is 3. The third-order valence-corrected chi connectivity index (χ3v) is 9.80. The van der Waals surface area contributed by atoms with Gasteiger partial charge in [-0.05, 0) is 52.9 Å². The summed E-state index contributed by atoms with van der Waals surface area (Å²) in [6, 6.07) is 20.8. The molecular weight excluding hydrogens is 490 g/mol. The van der Waals surface area contributed by atoms with E-state index >= 15 is 0 Å². The SMILES string of the molecule is COc1ccc(C2=NN3C(C#N)(C#N)[C@@H](N4CCOCC4)[C@@H](C)[C@@]3(c3ccc(OC)cc3)[C@H]3[C@@H]2C3(C)C)cc1. The van der Waals surface area contributed by atoms with Crippen LogP contribution in [0.15, 0.2) is 53.6 Å². The molecule has 2 aromatic rings. The summed E-state index contributed by atoms with van der Waals surface area (Å²) in [7, 11) is 3.32. The van der Waals surface area contributed by atoms with Crippen LogP contribution >= 0.6 is 0 Å². The van der Waals surface area contributed by atoms with Crippen molar-refractivity contribution < 1.29 is 14.2 Å². The zero-order valence-corrected chi connectivity index (χ0v) is 23.2. The van der Waals surface area contributed by atoms with Crippen LogP contribution in [0.2, 0.25) is 0 Å². The fourth-order valence-electron chi connectivity index (χ4n) is 8.04. The Balaban J connectivity index is 1.62. The van der Waals surface area contributed by atoms with Crippen LogP contribution in [-0.2, 0) is 10.3 Å².